The molecule has 232 valence electrons. The Balaban J connectivity index is 1.15. The molecule has 3 aliphatic heterocycles. The van der Waals surface area contributed by atoms with Crippen LogP contribution in [0.15, 0.2) is 47.1 Å². The van der Waals surface area contributed by atoms with Crippen LogP contribution in [0.4, 0.5) is 0 Å². The van der Waals surface area contributed by atoms with Gasteiger partial charge in [-0.1, -0.05) is 62.1 Å². The fraction of sp³-hybridized carbons (Fsp3) is 0.722. The predicted molar refractivity (Wildman–Crippen MR) is 164 cm³/mol. The van der Waals surface area contributed by atoms with Gasteiger partial charge >= 0.3 is 0 Å². The van der Waals surface area contributed by atoms with E-state index in [9.17, 15) is 9.59 Å². The van der Waals surface area contributed by atoms with Gasteiger partial charge in [0.1, 0.15) is 12.2 Å². The van der Waals surface area contributed by atoms with E-state index in [-0.39, 0.29) is 35.6 Å². The molecule has 1 saturated carbocycles. The molecule has 3 saturated heterocycles. The summed E-state index contributed by atoms with van der Waals surface area (Å²) in [6.07, 6.45) is 23.5. The van der Waals surface area contributed by atoms with E-state index in [1.165, 1.54) is 43.3 Å². The lowest BCUT2D eigenvalue weighted by molar-refractivity contribution is -0.368. The molecule has 7 atom stereocenters. The number of hydrogen-bond donors (Lipinski definition) is 0. The Labute approximate surface area is 253 Å². The Bertz CT molecular complexity index is 1100. The van der Waals surface area contributed by atoms with Crippen LogP contribution in [-0.4, -0.2) is 48.6 Å². The number of allylic oxidation sites excluding steroid dienone is 5. The second kappa shape index (κ2) is 13.7. The first kappa shape index (κ1) is 31.4. The van der Waals surface area contributed by atoms with Gasteiger partial charge in [0, 0.05) is 25.2 Å². The molecular weight excluding hydrogens is 528 g/mol. The fourth-order valence-corrected chi connectivity index (χ4v) is 8.08. The van der Waals surface area contributed by atoms with Crippen molar-refractivity contribution in [3.05, 3.63) is 47.1 Å². The molecule has 5 aliphatic rings. The van der Waals surface area contributed by atoms with Gasteiger partial charge in [0.2, 0.25) is 0 Å². The van der Waals surface area contributed by atoms with Gasteiger partial charge < -0.3 is 18.9 Å². The van der Waals surface area contributed by atoms with Gasteiger partial charge in [-0.2, -0.15) is 0 Å². The van der Waals surface area contributed by atoms with Gasteiger partial charge in [-0.05, 0) is 88.7 Å². The molecule has 42 heavy (non-hydrogen) atoms. The van der Waals surface area contributed by atoms with Crippen LogP contribution in [0.3, 0.4) is 0 Å². The Hall–Kier alpha value is -2.02. The van der Waals surface area contributed by atoms with Gasteiger partial charge in [-0.15, -0.1) is 0 Å². The third-order valence-corrected chi connectivity index (χ3v) is 10.9. The topological polar surface area (TPSA) is 71.1 Å². The van der Waals surface area contributed by atoms with Crippen molar-refractivity contribution < 1.29 is 28.5 Å². The second-order valence-electron chi connectivity index (χ2n) is 13.8. The van der Waals surface area contributed by atoms with Crippen molar-refractivity contribution in [1.82, 2.24) is 0 Å². The van der Waals surface area contributed by atoms with Crippen molar-refractivity contribution in [3.8, 4) is 0 Å². The first-order valence-electron chi connectivity index (χ1n) is 16.5. The molecule has 0 radical (unpaired) electrons. The lowest BCUT2D eigenvalue weighted by atomic mass is 9.68. The largest absolute Gasteiger partial charge is 0.464 e. The maximum absolute atomic E-state index is 12.3. The molecule has 1 spiro atoms. The Morgan fingerprint density at radius 3 is 2.79 bits per heavy atom. The van der Waals surface area contributed by atoms with E-state index in [1.54, 1.807) is 0 Å². The summed E-state index contributed by atoms with van der Waals surface area (Å²) in [6, 6.07) is 0. The van der Waals surface area contributed by atoms with Crippen LogP contribution in [0.5, 0.6) is 0 Å². The van der Waals surface area contributed by atoms with Crippen LogP contribution < -0.4 is 0 Å². The summed E-state index contributed by atoms with van der Waals surface area (Å²) in [5.41, 5.74) is 3.17. The third kappa shape index (κ3) is 7.03. The normalized spacial score (nSPS) is 39.1. The summed E-state index contributed by atoms with van der Waals surface area (Å²) in [5, 5.41) is 0. The predicted octanol–water partition coefficient (Wildman–Crippen LogP) is 7.72. The number of hydrogen-bond acceptors (Lipinski definition) is 6. The molecular formula is C36H52O6. The molecule has 0 aromatic carbocycles. The van der Waals surface area contributed by atoms with E-state index in [1.807, 2.05) is 13.0 Å². The summed E-state index contributed by atoms with van der Waals surface area (Å²) >= 11 is 0. The minimum absolute atomic E-state index is 0.0332. The highest BCUT2D eigenvalue weighted by Crippen LogP contribution is 2.51. The summed E-state index contributed by atoms with van der Waals surface area (Å²) < 4.78 is 25.2. The SMILES string of the molecule is CC1=CCC2/C(=C/C=C/CC/C(C)=C/C[C@@H]3C[C@H](OC=O)CC4(CCC(C)C(C)(C5CCCCC5)O4)O3)COC2C1=O. The number of Topliss-reactive ketones (excluding diaryl/α,β-unsaturated/α-hetero) is 1. The molecule has 0 bridgehead atoms. The summed E-state index contributed by atoms with van der Waals surface area (Å²) in [4.78, 5) is 23.7. The number of carbonyl (C=O) groups excluding carboxylic acids is 2. The molecule has 5 rings (SSSR count). The molecule has 6 nitrogen and oxygen atoms in total. The monoisotopic (exact) mass is 580 g/mol. The van der Waals surface area contributed by atoms with Crippen LogP contribution in [0.2, 0.25) is 0 Å². The zero-order chi connectivity index (χ0) is 29.7. The molecule has 6 heteroatoms. The van der Waals surface area contributed by atoms with Crippen molar-refractivity contribution >= 4 is 12.3 Å². The minimum atomic E-state index is -0.673. The van der Waals surface area contributed by atoms with Crippen molar-refractivity contribution in [1.29, 1.82) is 0 Å². The zero-order valence-electron chi connectivity index (χ0n) is 26.3. The first-order chi connectivity index (χ1) is 20.2. The van der Waals surface area contributed by atoms with Crippen molar-refractivity contribution in [2.24, 2.45) is 17.8 Å². The van der Waals surface area contributed by atoms with E-state index in [0.717, 1.165) is 44.1 Å². The molecule has 5 unspecified atom stereocenters. The van der Waals surface area contributed by atoms with Gasteiger partial charge in [-0.3, -0.25) is 9.59 Å². The Morgan fingerprint density at radius 2 is 2.00 bits per heavy atom. The quantitative estimate of drug-likeness (QED) is 0.205. The minimum Gasteiger partial charge on any atom is -0.464 e. The highest BCUT2D eigenvalue weighted by atomic mass is 16.7. The number of ketones is 1. The van der Waals surface area contributed by atoms with Gasteiger partial charge in [0.15, 0.2) is 11.6 Å². The van der Waals surface area contributed by atoms with Crippen LogP contribution >= 0.6 is 0 Å². The number of carbonyl (C=O) groups is 2. The standard InChI is InChI=1S/C36H52O6/c1-25(11-7-5-8-12-28-23-39-34-32(28)18-16-26(2)33(34)38)15-17-30-21-31(40-24-37)22-36(41-30)20-19-27(3)35(4,42-36)29-13-9-6-10-14-29/h5,8,12,15-16,24,27,29-32,34H,6-7,9-11,13-14,17-23H2,1-4H3/b8-5+,25-15+,28-12+/t27?,30-,31+,32?,34?,35?,36?/m1/s1. The fourth-order valence-electron chi connectivity index (χ4n) is 8.08. The van der Waals surface area contributed by atoms with E-state index in [4.69, 9.17) is 18.9 Å². The van der Waals surface area contributed by atoms with Crippen LogP contribution in [0, 0.1) is 17.8 Å². The van der Waals surface area contributed by atoms with Crippen molar-refractivity contribution in [2.45, 2.75) is 141 Å². The Kier molecular flexibility index (Phi) is 10.3. The zero-order valence-corrected chi connectivity index (χ0v) is 26.3. The molecule has 2 aliphatic carbocycles. The maximum atomic E-state index is 12.3. The number of fused-ring (bicyclic) bond motifs is 1. The highest BCUT2D eigenvalue weighted by molar-refractivity contribution is 6.00. The summed E-state index contributed by atoms with van der Waals surface area (Å²) in [5.74, 6) is 0.704. The van der Waals surface area contributed by atoms with Crippen LogP contribution in [-0.2, 0) is 28.5 Å². The van der Waals surface area contributed by atoms with Gasteiger partial charge in [-0.25, -0.2) is 0 Å². The smallest absolute Gasteiger partial charge is 0.293 e. The van der Waals surface area contributed by atoms with Crippen LogP contribution in [0.25, 0.3) is 0 Å². The maximum Gasteiger partial charge on any atom is 0.293 e. The molecule has 4 fully saturated rings. The lowest BCUT2D eigenvalue weighted by Gasteiger charge is -2.56. The first-order valence-corrected chi connectivity index (χ1v) is 16.5. The Morgan fingerprint density at radius 1 is 1.19 bits per heavy atom. The molecule has 0 N–H and O–H groups in total. The van der Waals surface area contributed by atoms with Crippen molar-refractivity contribution in [2.75, 3.05) is 6.61 Å². The molecule has 0 amide bonds. The third-order valence-electron chi connectivity index (χ3n) is 10.9. The van der Waals surface area contributed by atoms with Crippen molar-refractivity contribution in [3.63, 3.8) is 0 Å². The molecule has 0 aromatic rings. The highest BCUT2D eigenvalue weighted by Gasteiger charge is 2.54. The van der Waals surface area contributed by atoms with Gasteiger partial charge in [0.25, 0.3) is 6.47 Å². The molecule has 0 aromatic heterocycles. The van der Waals surface area contributed by atoms with E-state index >= 15 is 0 Å². The van der Waals surface area contributed by atoms with Gasteiger partial charge in [0.05, 0.1) is 18.3 Å². The lowest BCUT2D eigenvalue weighted by Crippen LogP contribution is -2.60. The average molecular weight is 581 g/mol. The van der Waals surface area contributed by atoms with Crippen LogP contribution in [0.1, 0.15) is 111 Å². The number of rotatable bonds is 9. The summed E-state index contributed by atoms with van der Waals surface area (Å²) in [7, 11) is 0. The second-order valence-corrected chi connectivity index (χ2v) is 13.8. The summed E-state index contributed by atoms with van der Waals surface area (Å²) in [6.45, 7) is 9.86. The van der Waals surface area contributed by atoms with E-state index in [0.29, 0.717) is 37.8 Å². The molecule has 3 heterocycles. The van der Waals surface area contributed by atoms with E-state index in [2.05, 4.69) is 45.1 Å². The van der Waals surface area contributed by atoms with E-state index < -0.39 is 5.79 Å². The number of ether oxygens (including phenoxy) is 4. The average Bonchev–Trinajstić information content (AvgIpc) is 3.40.